The Labute approximate surface area is 76.8 Å². The normalized spacial score (nSPS) is 18.4. The molecule has 0 atom stereocenters. The summed E-state index contributed by atoms with van der Waals surface area (Å²) in [6.45, 7) is 1.51. The van der Waals surface area contributed by atoms with Crippen LogP contribution >= 0.6 is 0 Å². The number of esters is 1. The molecular formula is C8H14N2O3. The first kappa shape index (κ1) is 9.98. The highest BCUT2D eigenvalue weighted by atomic mass is 16.5. The van der Waals surface area contributed by atoms with Crippen molar-refractivity contribution >= 4 is 11.9 Å². The largest absolute Gasteiger partial charge is 0.456 e. The third-order valence-corrected chi connectivity index (χ3v) is 1.93. The summed E-state index contributed by atoms with van der Waals surface area (Å²) in [4.78, 5) is 23.7. The van der Waals surface area contributed by atoms with E-state index in [0.29, 0.717) is 19.6 Å². The average Bonchev–Trinajstić information content (AvgIpc) is 2.28. The van der Waals surface area contributed by atoms with Gasteiger partial charge in [-0.2, -0.15) is 0 Å². The van der Waals surface area contributed by atoms with E-state index in [0.717, 1.165) is 6.42 Å². The number of carbonyl (C=O) groups is 2. The average molecular weight is 186 g/mol. The molecule has 13 heavy (non-hydrogen) atoms. The molecule has 1 amide bonds. The summed E-state index contributed by atoms with van der Waals surface area (Å²) < 4.78 is 4.66. The van der Waals surface area contributed by atoms with Crippen LogP contribution in [0, 0.1) is 0 Å². The minimum absolute atomic E-state index is 0.122. The minimum Gasteiger partial charge on any atom is -0.456 e. The van der Waals surface area contributed by atoms with Gasteiger partial charge in [-0.15, -0.1) is 0 Å². The Morgan fingerprint density at radius 2 is 2.23 bits per heavy atom. The van der Waals surface area contributed by atoms with Crippen LogP contribution in [0.25, 0.3) is 0 Å². The number of nitrogens with two attached hydrogens (primary N) is 1. The molecule has 2 N–H and O–H groups in total. The lowest BCUT2D eigenvalue weighted by Crippen LogP contribution is -2.34. The molecule has 1 aliphatic heterocycles. The quantitative estimate of drug-likeness (QED) is 0.580. The van der Waals surface area contributed by atoms with Gasteiger partial charge in [0.25, 0.3) is 5.91 Å². The summed E-state index contributed by atoms with van der Waals surface area (Å²) in [6.07, 6.45) is 1.05. The van der Waals surface area contributed by atoms with Gasteiger partial charge in [0.1, 0.15) is 0 Å². The van der Waals surface area contributed by atoms with Gasteiger partial charge in [0.2, 0.25) is 0 Å². The van der Waals surface area contributed by atoms with E-state index in [1.807, 2.05) is 0 Å². The summed E-state index contributed by atoms with van der Waals surface area (Å²) in [5.41, 5.74) is 5.32. The summed E-state index contributed by atoms with van der Waals surface area (Å²) in [5.74, 6) is -0.428. The molecule has 1 saturated heterocycles. The van der Waals surface area contributed by atoms with Crippen LogP contribution in [0.5, 0.6) is 0 Å². The van der Waals surface area contributed by atoms with Crippen LogP contribution < -0.4 is 5.73 Å². The third-order valence-electron chi connectivity index (χ3n) is 1.93. The van der Waals surface area contributed by atoms with Crippen molar-refractivity contribution in [3.05, 3.63) is 0 Å². The maximum atomic E-state index is 11.3. The van der Waals surface area contributed by atoms with Crippen molar-refractivity contribution in [2.24, 2.45) is 5.73 Å². The molecule has 0 aromatic carbocycles. The SMILES string of the molecule is NCCCN1CCC(=O)OCC1=O. The van der Waals surface area contributed by atoms with Crippen molar-refractivity contribution in [1.29, 1.82) is 0 Å². The summed E-state index contributed by atoms with van der Waals surface area (Å²) in [6, 6.07) is 0. The highest BCUT2D eigenvalue weighted by molar-refractivity contribution is 5.82. The smallest absolute Gasteiger partial charge is 0.308 e. The van der Waals surface area contributed by atoms with Crippen LogP contribution in [0.2, 0.25) is 0 Å². The van der Waals surface area contributed by atoms with Gasteiger partial charge in [0, 0.05) is 13.1 Å². The number of rotatable bonds is 3. The van der Waals surface area contributed by atoms with Crippen molar-refractivity contribution in [3.8, 4) is 0 Å². The first-order chi connectivity index (χ1) is 6.24. The van der Waals surface area contributed by atoms with E-state index in [9.17, 15) is 9.59 Å². The molecular weight excluding hydrogens is 172 g/mol. The zero-order chi connectivity index (χ0) is 9.68. The van der Waals surface area contributed by atoms with E-state index in [1.165, 1.54) is 0 Å². The summed E-state index contributed by atoms with van der Waals surface area (Å²) in [7, 11) is 0. The molecule has 74 valence electrons. The van der Waals surface area contributed by atoms with E-state index in [1.54, 1.807) is 4.90 Å². The minimum atomic E-state index is -0.302. The van der Waals surface area contributed by atoms with E-state index in [2.05, 4.69) is 4.74 Å². The predicted octanol–water partition coefficient (Wildman–Crippen LogP) is -0.889. The van der Waals surface area contributed by atoms with Crippen molar-refractivity contribution in [2.75, 3.05) is 26.2 Å². The third kappa shape index (κ3) is 3.02. The lowest BCUT2D eigenvalue weighted by atomic mass is 10.3. The number of carbonyl (C=O) groups excluding carboxylic acids is 2. The predicted molar refractivity (Wildman–Crippen MR) is 45.8 cm³/mol. The molecule has 0 saturated carbocycles. The van der Waals surface area contributed by atoms with Crippen LogP contribution in [0.1, 0.15) is 12.8 Å². The first-order valence-corrected chi connectivity index (χ1v) is 4.37. The molecule has 1 aliphatic rings. The number of hydrogen-bond acceptors (Lipinski definition) is 4. The second kappa shape index (κ2) is 4.81. The van der Waals surface area contributed by atoms with Crippen molar-refractivity contribution in [3.63, 3.8) is 0 Å². The Morgan fingerprint density at radius 1 is 1.46 bits per heavy atom. The van der Waals surface area contributed by atoms with E-state index in [4.69, 9.17) is 5.73 Å². The van der Waals surface area contributed by atoms with E-state index < -0.39 is 0 Å². The molecule has 0 radical (unpaired) electrons. The molecule has 1 fully saturated rings. The second-order valence-corrected chi connectivity index (χ2v) is 2.93. The van der Waals surface area contributed by atoms with Crippen molar-refractivity contribution in [2.45, 2.75) is 12.8 Å². The van der Waals surface area contributed by atoms with Crippen LogP contribution in [0.3, 0.4) is 0 Å². The maximum Gasteiger partial charge on any atom is 0.308 e. The van der Waals surface area contributed by atoms with Gasteiger partial charge in [0.15, 0.2) is 6.61 Å². The second-order valence-electron chi connectivity index (χ2n) is 2.93. The number of nitrogens with zero attached hydrogens (tertiary/aromatic N) is 1. The number of hydrogen-bond donors (Lipinski definition) is 1. The zero-order valence-corrected chi connectivity index (χ0v) is 7.49. The molecule has 0 aromatic heterocycles. The van der Waals surface area contributed by atoms with Gasteiger partial charge in [-0.25, -0.2) is 0 Å². The van der Waals surface area contributed by atoms with E-state index >= 15 is 0 Å². The molecule has 0 spiro atoms. The standard InChI is InChI=1S/C8H14N2O3/c9-3-1-4-10-5-2-8(12)13-6-7(10)11/h1-6,9H2. The Hall–Kier alpha value is -1.10. The fourth-order valence-corrected chi connectivity index (χ4v) is 1.18. The molecule has 1 rings (SSSR count). The van der Waals surface area contributed by atoms with Gasteiger partial charge in [-0.05, 0) is 13.0 Å². The number of cyclic esters (lactones) is 1. The Morgan fingerprint density at radius 3 is 2.92 bits per heavy atom. The van der Waals surface area contributed by atoms with Gasteiger partial charge >= 0.3 is 5.97 Å². The molecule has 0 unspecified atom stereocenters. The Kier molecular flexibility index (Phi) is 3.70. The monoisotopic (exact) mass is 186 g/mol. The maximum absolute atomic E-state index is 11.3. The zero-order valence-electron chi connectivity index (χ0n) is 7.49. The lowest BCUT2D eigenvalue weighted by molar-refractivity contribution is -0.147. The van der Waals surface area contributed by atoms with Gasteiger partial charge in [-0.1, -0.05) is 0 Å². The number of ether oxygens (including phenoxy) is 1. The van der Waals surface area contributed by atoms with Crippen LogP contribution in [-0.2, 0) is 14.3 Å². The topological polar surface area (TPSA) is 72.6 Å². The molecule has 0 aliphatic carbocycles. The molecule has 5 heteroatoms. The lowest BCUT2D eigenvalue weighted by Gasteiger charge is -2.18. The molecule has 0 bridgehead atoms. The summed E-state index contributed by atoms with van der Waals surface area (Å²) >= 11 is 0. The molecule has 5 nitrogen and oxygen atoms in total. The van der Waals surface area contributed by atoms with Crippen molar-refractivity contribution in [1.82, 2.24) is 4.90 Å². The highest BCUT2D eigenvalue weighted by Crippen LogP contribution is 2.02. The Balaban J connectivity index is 2.42. The van der Waals surface area contributed by atoms with Crippen LogP contribution in [0.15, 0.2) is 0 Å². The van der Waals surface area contributed by atoms with E-state index in [-0.39, 0.29) is 24.9 Å². The van der Waals surface area contributed by atoms with Crippen molar-refractivity contribution < 1.29 is 14.3 Å². The van der Waals surface area contributed by atoms with Gasteiger partial charge in [-0.3, -0.25) is 9.59 Å². The van der Waals surface area contributed by atoms with Crippen LogP contribution in [-0.4, -0.2) is 43.0 Å². The van der Waals surface area contributed by atoms with Crippen LogP contribution in [0.4, 0.5) is 0 Å². The fraction of sp³-hybridized carbons (Fsp3) is 0.750. The molecule has 1 heterocycles. The number of amides is 1. The fourth-order valence-electron chi connectivity index (χ4n) is 1.18. The highest BCUT2D eigenvalue weighted by Gasteiger charge is 2.20. The first-order valence-electron chi connectivity index (χ1n) is 4.37. The molecule has 0 aromatic rings. The van der Waals surface area contributed by atoms with Gasteiger partial charge < -0.3 is 15.4 Å². The summed E-state index contributed by atoms with van der Waals surface area (Å²) in [5, 5.41) is 0. The van der Waals surface area contributed by atoms with Gasteiger partial charge in [0.05, 0.1) is 6.42 Å². The Bertz CT molecular complexity index is 206.